The van der Waals surface area contributed by atoms with Crippen molar-refractivity contribution in [2.24, 2.45) is 0 Å². The number of rotatable bonds is 0. The molecule has 86 valence electrons. The van der Waals surface area contributed by atoms with Crippen molar-refractivity contribution in [3.8, 4) is 0 Å². The van der Waals surface area contributed by atoms with E-state index >= 15 is 0 Å². The molecule has 0 bridgehead atoms. The Morgan fingerprint density at radius 2 is 1.81 bits per heavy atom. The molecule has 0 aliphatic carbocycles. The molecule has 0 atom stereocenters. The molecule has 0 saturated carbocycles. The molecule has 6 heteroatoms. The Kier molecular flexibility index (Phi) is 3.89. The minimum atomic E-state index is -0.768. The summed E-state index contributed by atoms with van der Waals surface area (Å²) in [5.41, 5.74) is 0.104. The lowest BCUT2D eigenvalue weighted by Crippen LogP contribution is -2.12. The second kappa shape index (κ2) is 4.98. The van der Waals surface area contributed by atoms with Crippen LogP contribution in [0, 0.1) is 5.82 Å². The Bertz CT molecular complexity index is 469. The highest BCUT2D eigenvalue weighted by molar-refractivity contribution is 7.83. The number of ketones is 1. The number of halogens is 1. The number of nitrogens with one attached hydrogen (secondary N) is 1. The highest BCUT2D eigenvalue weighted by atomic mass is 32.2. The molecular formula is C10H10FNO3S. The van der Waals surface area contributed by atoms with Gasteiger partial charge in [0.2, 0.25) is 0 Å². The molecule has 1 N–H and O–H groups in total. The third-order valence-corrected chi connectivity index (χ3v) is 1.70. The van der Waals surface area contributed by atoms with Gasteiger partial charge in [0.1, 0.15) is 5.82 Å². The molecule has 1 amide bonds. The summed E-state index contributed by atoms with van der Waals surface area (Å²) in [5.74, 6) is -2.02. The number of para-hydroxylation sites is 1. The average molecular weight is 243 g/mol. The number of carbonyl (C=O) groups excluding carboxylic acids is 2. The minimum absolute atomic E-state index is 0.00694. The molecule has 0 unspecified atom stereocenters. The molecule has 1 aliphatic rings. The van der Waals surface area contributed by atoms with Gasteiger partial charge in [0.15, 0.2) is 0 Å². The van der Waals surface area contributed by atoms with Crippen LogP contribution in [0.5, 0.6) is 0 Å². The van der Waals surface area contributed by atoms with Gasteiger partial charge in [-0.15, -0.1) is 0 Å². The predicted molar refractivity (Wildman–Crippen MR) is 59.4 cm³/mol. The fourth-order valence-corrected chi connectivity index (χ4v) is 1.13. The van der Waals surface area contributed by atoms with Crippen LogP contribution in [0.25, 0.3) is 0 Å². The smallest absolute Gasteiger partial charge is 0.296 e. The topological polar surface area (TPSA) is 63.2 Å². The van der Waals surface area contributed by atoms with Crippen molar-refractivity contribution in [1.29, 1.82) is 0 Å². The van der Waals surface area contributed by atoms with Gasteiger partial charge in [0.05, 0.1) is 11.3 Å². The molecule has 0 saturated heterocycles. The lowest BCUT2D eigenvalue weighted by molar-refractivity contribution is -0.112. The summed E-state index contributed by atoms with van der Waals surface area (Å²) in [6.07, 6.45) is 3.28. The molecule has 1 aromatic rings. The van der Waals surface area contributed by atoms with Crippen LogP contribution in [-0.2, 0) is 15.6 Å². The summed E-state index contributed by atoms with van der Waals surface area (Å²) < 4.78 is 22.4. The largest absolute Gasteiger partial charge is 0.316 e. The van der Waals surface area contributed by atoms with E-state index < -0.39 is 28.3 Å². The van der Waals surface area contributed by atoms with Gasteiger partial charge in [-0.05, 0) is 12.1 Å². The zero-order chi connectivity index (χ0) is 12.3. The van der Waals surface area contributed by atoms with Crippen LogP contribution in [0.4, 0.5) is 10.1 Å². The SMILES string of the molecule is CS(C)=O.O=C1Nc2c(F)cccc2C1=O. The maximum atomic E-state index is 12.9. The van der Waals surface area contributed by atoms with Crippen molar-refractivity contribution in [2.75, 3.05) is 17.8 Å². The highest BCUT2D eigenvalue weighted by Crippen LogP contribution is 2.25. The molecule has 0 radical (unpaired) electrons. The van der Waals surface area contributed by atoms with E-state index in [1.165, 1.54) is 18.2 Å². The van der Waals surface area contributed by atoms with E-state index in [1.54, 1.807) is 12.5 Å². The maximum absolute atomic E-state index is 12.9. The van der Waals surface area contributed by atoms with Crippen LogP contribution in [-0.4, -0.2) is 28.4 Å². The van der Waals surface area contributed by atoms with Crippen LogP contribution in [0.1, 0.15) is 10.4 Å². The van der Waals surface area contributed by atoms with Crippen LogP contribution < -0.4 is 5.32 Å². The third kappa shape index (κ3) is 2.73. The van der Waals surface area contributed by atoms with E-state index in [1.807, 2.05) is 0 Å². The second-order valence-corrected chi connectivity index (χ2v) is 4.67. The monoisotopic (exact) mass is 243 g/mol. The lowest BCUT2D eigenvalue weighted by atomic mass is 10.1. The Morgan fingerprint density at radius 3 is 2.31 bits per heavy atom. The summed E-state index contributed by atoms with van der Waals surface area (Å²) in [4.78, 5) is 21.7. The fourth-order valence-electron chi connectivity index (χ4n) is 1.13. The van der Waals surface area contributed by atoms with Crippen LogP contribution in [0.3, 0.4) is 0 Å². The number of fused-ring (bicyclic) bond motifs is 1. The molecule has 16 heavy (non-hydrogen) atoms. The molecule has 1 heterocycles. The van der Waals surface area contributed by atoms with E-state index in [4.69, 9.17) is 0 Å². The summed E-state index contributed by atoms with van der Waals surface area (Å²) in [7, 11) is -0.611. The number of benzene rings is 1. The van der Waals surface area contributed by atoms with Gasteiger partial charge in [-0.25, -0.2) is 4.39 Å². The first-order valence-corrected chi connectivity index (χ1v) is 6.29. The highest BCUT2D eigenvalue weighted by Gasteiger charge is 2.29. The number of hydrogen-bond donors (Lipinski definition) is 1. The number of hydrogen-bond acceptors (Lipinski definition) is 3. The number of anilines is 1. The van der Waals surface area contributed by atoms with E-state index in [2.05, 4.69) is 5.32 Å². The predicted octanol–water partition coefficient (Wildman–Crippen LogP) is 0.955. The zero-order valence-electron chi connectivity index (χ0n) is 8.74. The molecule has 4 nitrogen and oxygen atoms in total. The summed E-state index contributed by atoms with van der Waals surface area (Å²) >= 11 is 0. The van der Waals surface area contributed by atoms with Crippen molar-refractivity contribution >= 4 is 28.2 Å². The van der Waals surface area contributed by atoms with Crippen molar-refractivity contribution < 1.29 is 18.2 Å². The molecule has 1 aromatic carbocycles. The van der Waals surface area contributed by atoms with E-state index in [-0.39, 0.29) is 11.3 Å². The second-order valence-electron chi connectivity index (χ2n) is 3.19. The minimum Gasteiger partial charge on any atom is -0.316 e. The Balaban J connectivity index is 0.000000280. The molecule has 2 rings (SSSR count). The van der Waals surface area contributed by atoms with Gasteiger partial charge in [-0.1, -0.05) is 6.07 Å². The molecule has 0 aromatic heterocycles. The molecule has 0 fully saturated rings. The zero-order valence-corrected chi connectivity index (χ0v) is 9.56. The van der Waals surface area contributed by atoms with Gasteiger partial charge >= 0.3 is 0 Å². The van der Waals surface area contributed by atoms with Crippen LogP contribution >= 0.6 is 0 Å². The fraction of sp³-hybridized carbons (Fsp3) is 0.200. The van der Waals surface area contributed by atoms with Crippen LogP contribution in [0.2, 0.25) is 0 Å². The molecule has 1 aliphatic heterocycles. The van der Waals surface area contributed by atoms with Gasteiger partial charge < -0.3 is 5.32 Å². The Hall–Kier alpha value is -1.56. The number of Topliss-reactive ketones (excluding diaryl/α,β-unsaturated/α-hetero) is 1. The van der Waals surface area contributed by atoms with Crippen molar-refractivity contribution in [3.63, 3.8) is 0 Å². The quantitative estimate of drug-likeness (QED) is 0.690. The summed E-state index contributed by atoms with van der Waals surface area (Å²) in [5, 5.41) is 2.15. The van der Waals surface area contributed by atoms with E-state index in [0.717, 1.165) is 0 Å². The first kappa shape index (κ1) is 12.5. The third-order valence-electron chi connectivity index (χ3n) is 1.70. The molecule has 0 spiro atoms. The van der Waals surface area contributed by atoms with Crippen molar-refractivity contribution in [2.45, 2.75) is 0 Å². The van der Waals surface area contributed by atoms with Gasteiger partial charge in [0, 0.05) is 23.3 Å². The summed E-state index contributed by atoms with van der Waals surface area (Å²) in [6, 6.07) is 4.00. The van der Waals surface area contributed by atoms with Crippen molar-refractivity contribution in [3.05, 3.63) is 29.6 Å². The number of amides is 1. The first-order valence-electron chi connectivity index (χ1n) is 4.32. The Labute approximate surface area is 94.3 Å². The van der Waals surface area contributed by atoms with Gasteiger partial charge in [0.25, 0.3) is 11.7 Å². The average Bonchev–Trinajstić information content (AvgIpc) is 2.45. The first-order chi connectivity index (χ1) is 7.43. The lowest BCUT2D eigenvalue weighted by Gasteiger charge is -1.95. The summed E-state index contributed by atoms with van der Waals surface area (Å²) in [6.45, 7) is 0. The van der Waals surface area contributed by atoms with E-state index in [9.17, 15) is 18.2 Å². The normalized spacial score (nSPS) is 13.0. The van der Waals surface area contributed by atoms with Gasteiger partial charge in [-0.3, -0.25) is 13.8 Å². The van der Waals surface area contributed by atoms with E-state index in [0.29, 0.717) is 0 Å². The maximum Gasteiger partial charge on any atom is 0.296 e. The van der Waals surface area contributed by atoms with Crippen molar-refractivity contribution in [1.82, 2.24) is 0 Å². The van der Waals surface area contributed by atoms with Gasteiger partial charge in [-0.2, -0.15) is 0 Å². The Morgan fingerprint density at radius 1 is 1.25 bits per heavy atom. The number of carbonyl (C=O) groups is 2. The standard InChI is InChI=1S/C8H4FNO2.C2H6OS/c9-5-3-1-2-4-6(5)10-8(12)7(4)11;1-4(2)3/h1-3H,(H,10,11,12);1-2H3. The molecular weight excluding hydrogens is 233 g/mol. The van der Waals surface area contributed by atoms with Crippen LogP contribution in [0.15, 0.2) is 18.2 Å².